The number of nitrogen functional groups attached to an aromatic ring is 1. The number of ether oxygens (including phenoxy) is 1. The van der Waals surface area contributed by atoms with Gasteiger partial charge in [-0.2, -0.15) is 0 Å². The van der Waals surface area contributed by atoms with Crippen LogP contribution in [0.2, 0.25) is 0 Å². The quantitative estimate of drug-likeness (QED) is 0.724. The molecule has 0 spiro atoms. The van der Waals surface area contributed by atoms with Gasteiger partial charge in [-0.05, 0) is 37.1 Å². The standard InChI is InChI=1S/C18H29N3O3S/c19-17-4-2-16(3-5-17)14-21(18-6-13-25(22,23)15-18)8-1-7-20-9-11-24-12-10-20/h2-5,18H,1,6-15,19H2/t18-/m0/s1. The van der Waals surface area contributed by atoms with Gasteiger partial charge in [0, 0.05) is 37.9 Å². The Bertz CT molecular complexity index is 642. The van der Waals surface area contributed by atoms with Crippen LogP contribution in [-0.2, 0) is 21.1 Å². The maximum atomic E-state index is 11.9. The number of nitrogens with zero attached hydrogens (tertiary/aromatic N) is 2. The van der Waals surface area contributed by atoms with Gasteiger partial charge < -0.3 is 10.5 Å². The summed E-state index contributed by atoms with van der Waals surface area (Å²) in [6, 6.07) is 8.02. The fourth-order valence-electron chi connectivity index (χ4n) is 3.63. The monoisotopic (exact) mass is 367 g/mol. The zero-order valence-electron chi connectivity index (χ0n) is 14.8. The molecule has 0 saturated carbocycles. The van der Waals surface area contributed by atoms with Crippen molar-refractivity contribution in [1.29, 1.82) is 0 Å². The number of benzene rings is 1. The minimum atomic E-state index is -2.87. The van der Waals surface area contributed by atoms with E-state index < -0.39 is 9.84 Å². The summed E-state index contributed by atoms with van der Waals surface area (Å²) < 4.78 is 29.2. The van der Waals surface area contributed by atoms with Crippen molar-refractivity contribution in [3.63, 3.8) is 0 Å². The van der Waals surface area contributed by atoms with Crippen LogP contribution in [0.15, 0.2) is 24.3 Å². The molecule has 1 aromatic rings. The molecule has 0 aliphatic carbocycles. The lowest BCUT2D eigenvalue weighted by molar-refractivity contribution is 0.0354. The van der Waals surface area contributed by atoms with E-state index >= 15 is 0 Å². The number of hydrogen-bond acceptors (Lipinski definition) is 6. The third-order valence-corrected chi connectivity index (χ3v) is 6.86. The van der Waals surface area contributed by atoms with E-state index in [2.05, 4.69) is 9.80 Å². The van der Waals surface area contributed by atoms with E-state index in [0.717, 1.165) is 64.5 Å². The van der Waals surface area contributed by atoms with E-state index in [4.69, 9.17) is 10.5 Å². The number of sulfone groups is 1. The molecule has 2 aliphatic heterocycles. The van der Waals surface area contributed by atoms with Crippen molar-refractivity contribution in [2.24, 2.45) is 0 Å². The van der Waals surface area contributed by atoms with Gasteiger partial charge in [0.05, 0.1) is 24.7 Å². The van der Waals surface area contributed by atoms with Crippen molar-refractivity contribution in [3.8, 4) is 0 Å². The second kappa shape index (κ2) is 8.49. The summed E-state index contributed by atoms with van der Waals surface area (Å²) in [5.41, 5.74) is 7.71. The average Bonchev–Trinajstić information content (AvgIpc) is 2.97. The van der Waals surface area contributed by atoms with Crippen LogP contribution < -0.4 is 5.73 Å². The van der Waals surface area contributed by atoms with Gasteiger partial charge in [0.2, 0.25) is 0 Å². The molecule has 0 radical (unpaired) electrons. The molecule has 140 valence electrons. The molecular formula is C18H29N3O3S. The zero-order valence-corrected chi connectivity index (χ0v) is 15.6. The Morgan fingerprint density at radius 3 is 2.56 bits per heavy atom. The second-order valence-electron chi connectivity index (χ2n) is 7.08. The number of rotatable bonds is 7. The molecule has 2 N–H and O–H groups in total. The maximum Gasteiger partial charge on any atom is 0.151 e. The van der Waals surface area contributed by atoms with E-state index in [0.29, 0.717) is 11.5 Å². The van der Waals surface area contributed by atoms with Crippen LogP contribution in [0.25, 0.3) is 0 Å². The molecule has 0 amide bonds. The van der Waals surface area contributed by atoms with E-state index in [1.807, 2.05) is 24.3 Å². The van der Waals surface area contributed by atoms with Crippen molar-refractivity contribution >= 4 is 15.5 Å². The van der Waals surface area contributed by atoms with E-state index in [1.165, 1.54) is 5.56 Å². The molecular weight excluding hydrogens is 338 g/mol. The lowest BCUT2D eigenvalue weighted by Gasteiger charge is -2.31. The molecule has 2 aliphatic rings. The Labute approximate surface area is 150 Å². The Balaban J connectivity index is 1.58. The Morgan fingerprint density at radius 2 is 1.92 bits per heavy atom. The first-order valence-electron chi connectivity index (χ1n) is 9.11. The Hall–Kier alpha value is -1.15. The van der Waals surface area contributed by atoms with Crippen molar-refractivity contribution in [2.75, 3.05) is 56.6 Å². The van der Waals surface area contributed by atoms with Gasteiger partial charge in [-0.3, -0.25) is 9.80 Å². The van der Waals surface area contributed by atoms with E-state index in [1.54, 1.807) is 0 Å². The largest absolute Gasteiger partial charge is 0.399 e. The van der Waals surface area contributed by atoms with Crippen LogP contribution in [-0.4, -0.2) is 75.2 Å². The molecule has 6 nitrogen and oxygen atoms in total. The summed E-state index contributed by atoms with van der Waals surface area (Å²) in [6.07, 6.45) is 1.79. The first-order valence-corrected chi connectivity index (χ1v) is 10.9. The van der Waals surface area contributed by atoms with Gasteiger partial charge in [0.15, 0.2) is 9.84 Å². The van der Waals surface area contributed by atoms with Crippen molar-refractivity contribution < 1.29 is 13.2 Å². The van der Waals surface area contributed by atoms with Gasteiger partial charge in [0.25, 0.3) is 0 Å². The normalized spacial score (nSPS) is 24.0. The molecule has 25 heavy (non-hydrogen) atoms. The third kappa shape index (κ3) is 5.67. The van der Waals surface area contributed by atoms with Gasteiger partial charge in [0.1, 0.15) is 0 Å². The summed E-state index contributed by atoms with van der Waals surface area (Å²) in [4.78, 5) is 4.77. The minimum Gasteiger partial charge on any atom is -0.399 e. The van der Waals surface area contributed by atoms with Crippen molar-refractivity contribution in [3.05, 3.63) is 29.8 Å². The molecule has 7 heteroatoms. The predicted molar refractivity (Wildman–Crippen MR) is 100 cm³/mol. The Morgan fingerprint density at radius 1 is 1.20 bits per heavy atom. The van der Waals surface area contributed by atoms with E-state index in [-0.39, 0.29) is 6.04 Å². The van der Waals surface area contributed by atoms with Gasteiger partial charge in [-0.25, -0.2) is 8.42 Å². The third-order valence-electron chi connectivity index (χ3n) is 5.11. The molecule has 1 atom stereocenters. The SMILES string of the molecule is Nc1ccc(CN(CCCN2CCOCC2)[C@H]2CCS(=O)(=O)C2)cc1. The average molecular weight is 368 g/mol. The smallest absolute Gasteiger partial charge is 0.151 e. The highest BCUT2D eigenvalue weighted by molar-refractivity contribution is 7.91. The number of hydrogen-bond donors (Lipinski definition) is 1. The minimum absolute atomic E-state index is 0.132. The number of nitrogens with two attached hydrogens (primary N) is 1. The van der Waals surface area contributed by atoms with Crippen LogP contribution in [0.5, 0.6) is 0 Å². The Kier molecular flexibility index (Phi) is 6.33. The topological polar surface area (TPSA) is 75.9 Å². The van der Waals surface area contributed by atoms with E-state index in [9.17, 15) is 8.42 Å². The van der Waals surface area contributed by atoms with Crippen molar-refractivity contribution in [2.45, 2.75) is 25.4 Å². The lowest BCUT2D eigenvalue weighted by Crippen LogP contribution is -2.40. The number of anilines is 1. The molecule has 0 bridgehead atoms. The van der Waals surface area contributed by atoms with Gasteiger partial charge in [-0.1, -0.05) is 12.1 Å². The molecule has 0 unspecified atom stereocenters. The summed E-state index contributed by atoms with van der Waals surface area (Å²) in [6.45, 7) is 6.37. The first kappa shape index (κ1) is 18.6. The molecule has 2 saturated heterocycles. The van der Waals surface area contributed by atoms with Gasteiger partial charge in [-0.15, -0.1) is 0 Å². The van der Waals surface area contributed by atoms with Crippen LogP contribution in [0.3, 0.4) is 0 Å². The zero-order chi connectivity index (χ0) is 17.7. The van der Waals surface area contributed by atoms with Crippen LogP contribution >= 0.6 is 0 Å². The highest BCUT2D eigenvalue weighted by atomic mass is 32.2. The highest BCUT2D eigenvalue weighted by Gasteiger charge is 2.32. The maximum absolute atomic E-state index is 11.9. The summed E-state index contributed by atoms with van der Waals surface area (Å²) >= 11 is 0. The molecule has 2 heterocycles. The molecule has 2 fully saturated rings. The second-order valence-corrected chi connectivity index (χ2v) is 9.31. The fraction of sp³-hybridized carbons (Fsp3) is 0.667. The van der Waals surface area contributed by atoms with Crippen LogP contribution in [0.1, 0.15) is 18.4 Å². The molecule has 0 aromatic heterocycles. The predicted octanol–water partition coefficient (Wildman–Crippen LogP) is 0.980. The van der Waals surface area contributed by atoms with Crippen LogP contribution in [0.4, 0.5) is 5.69 Å². The van der Waals surface area contributed by atoms with Crippen molar-refractivity contribution in [1.82, 2.24) is 9.80 Å². The first-order chi connectivity index (χ1) is 12.0. The fourth-order valence-corrected chi connectivity index (χ4v) is 5.40. The van der Waals surface area contributed by atoms with Gasteiger partial charge >= 0.3 is 0 Å². The lowest BCUT2D eigenvalue weighted by atomic mass is 10.1. The summed E-state index contributed by atoms with van der Waals surface area (Å²) in [5.74, 6) is 0.610. The highest BCUT2D eigenvalue weighted by Crippen LogP contribution is 2.21. The number of morpholine rings is 1. The van der Waals surface area contributed by atoms with Crippen LogP contribution in [0, 0.1) is 0 Å². The molecule has 3 rings (SSSR count). The summed E-state index contributed by atoms with van der Waals surface area (Å²) in [7, 11) is -2.87. The molecule has 1 aromatic carbocycles. The summed E-state index contributed by atoms with van der Waals surface area (Å²) in [5, 5.41) is 0.